The average Bonchev–Trinajstić information content (AvgIpc) is 2.81. The number of nitrogens with zero attached hydrogens (tertiary/aromatic N) is 2. The summed E-state index contributed by atoms with van der Waals surface area (Å²) in [6.07, 6.45) is 3.20. The summed E-state index contributed by atoms with van der Waals surface area (Å²) in [5, 5.41) is 3.64. The number of carbonyl (C=O) groups is 1. The molecule has 2 aromatic carbocycles. The van der Waals surface area contributed by atoms with Crippen LogP contribution in [0.3, 0.4) is 0 Å². The van der Waals surface area contributed by atoms with Crippen molar-refractivity contribution in [3.8, 4) is 0 Å². The highest BCUT2D eigenvalue weighted by Crippen LogP contribution is 2.14. The summed E-state index contributed by atoms with van der Waals surface area (Å²) in [5.41, 5.74) is 2.07. The molecule has 4 aromatic rings. The summed E-state index contributed by atoms with van der Waals surface area (Å²) in [7, 11) is 0. The van der Waals surface area contributed by atoms with Crippen LogP contribution in [0.5, 0.6) is 0 Å². The van der Waals surface area contributed by atoms with E-state index >= 15 is 0 Å². The molecular weight excluding hydrogens is 405 g/mol. The van der Waals surface area contributed by atoms with Crippen LogP contribution >= 0.6 is 0 Å². The number of aryl methyl sites for hydroxylation is 1. The Morgan fingerprint density at radius 3 is 2.53 bits per heavy atom. The third-order valence-electron chi connectivity index (χ3n) is 5.43. The SMILES string of the molecule is C[C@@H](CCc1ccccc1)NC(=O)c1cc2cccnc2n(Cc2ccc(F)cc2)c1=O. The lowest BCUT2D eigenvalue weighted by Gasteiger charge is -2.16. The number of aromatic nitrogens is 2. The van der Waals surface area contributed by atoms with Crippen LogP contribution < -0.4 is 10.9 Å². The molecule has 0 fully saturated rings. The molecule has 1 atom stereocenters. The summed E-state index contributed by atoms with van der Waals surface area (Å²) < 4.78 is 14.8. The number of hydrogen-bond donors (Lipinski definition) is 1. The van der Waals surface area contributed by atoms with E-state index < -0.39 is 11.5 Å². The van der Waals surface area contributed by atoms with E-state index in [1.54, 1.807) is 30.5 Å². The van der Waals surface area contributed by atoms with Gasteiger partial charge in [0.15, 0.2) is 0 Å². The highest BCUT2D eigenvalue weighted by Gasteiger charge is 2.18. The van der Waals surface area contributed by atoms with Crippen LogP contribution in [0.4, 0.5) is 4.39 Å². The zero-order valence-electron chi connectivity index (χ0n) is 17.8. The first-order chi connectivity index (χ1) is 15.5. The topological polar surface area (TPSA) is 64.0 Å². The van der Waals surface area contributed by atoms with Crippen molar-refractivity contribution in [2.45, 2.75) is 32.4 Å². The molecule has 6 heteroatoms. The highest BCUT2D eigenvalue weighted by atomic mass is 19.1. The van der Waals surface area contributed by atoms with Gasteiger partial charge in [-0.3, -0.25) is 14.2 Å². The molecule has 4 rings (SSSR count). The quantitative estimate of drug-likeness (QED) is 0.476. The van der Waals surface area contributed by atoms with Crippen LogP contribution in [0, 0.1) is 5.82 Å². The molecule has 1 amide bonds. The molecule has 2 aromatic heterocycles. The van der Waals surface area contributed by atoms with Crippen LogP contribution in [-0.2, 0) is 13.0 Å². The van der Waals surface area contributed by atoms with Gasteiger partial charge >= 0.3 is 0 Å². The average molecular weight is 429 g/mol. The Morgan fingerprint density at radius 1 is 1.03 bits per heavy atom. The number of fused-ring (bicyclic) bond motifs is 1. The Labute approximate surface area is 185 Å². The molecule has 162 valence electrons. The van der Waals surface area contributed by atoms with Gasteiger partial charge in [0.2, 0.25) is 0 Å². The molecule has 0 aliphatic rings. The van der Waals surface area contributed by atoms with Crippen molar-refractivity contribution in [2.75, 3.05) is 0 Å². The second-order valence-electron chi connectivity index (χ2n) is 7.89. The lowest BCUT2D eigenvalue weighted by atomic mass is 10.1. The Hall–Kier alpha value is -3.80. The van der Waals surface area contributed by atoms with E-state index in [1.807, 2.05) is 31.2 Å². The first-order valence-electron chi connectivity index (χ1n) is 10.6. The maximum atomic E-state index is 13.3. The number of carbonyl (C=O) groups excluding carboxylic acids is 1. The molecule has 0 aliphatic carbocycles. The van der Waals surface area contributed by atoms with Crippen LogP contribution in [0.1, 0.15) is 34.8 Å². The van der Waals surface area contributed by atoms with Gasteiger partial charge in [0.1, 0.15) is 17.0 Å². The normalized spacial score (nSPS) is 11.9. The van der Waals surface area contributed by atoms with Crippen molar-refractivity contribution in [3.05, 3.63) is 112 Å². The van der Waals surface area contributed by atoms with Crippen molar-refractivity contribution in [3.63, 3.8) is 0 Å². The molecule has 0 radical (unpaired) electrons. The van der Waals surface area contributed by atoms with E-state index in [9.17, 15) is 14.0 Å². The van der Waals surface area contributed by atoms with E-state index in [-0.39, 0.29) is 24.0 Å². The molecular formula is C26H24FN3O2. The Bertz CT molecular complexity index is 1280. The summed E-state index contributed by atoms with van der Waals surface area (Å²) >= 11 is 0. The second-order valence-corrected chi connectivity index (χ2v) is 7.89. The van der Waals surface area contributed by atoms with E-state index in [0.29, 0.717) is 11.0 Å². The van der Waals surface area contributed by atoms with Crippen molar-refractivity contribution < 1.29 is 9.18 Å². The van der Waals surface area contributed by atoms with Gasteiger partial charge in [-0.1, -0.05) is 42.5 Å². The number of pyridine rings is 2. The predicted molar refractivity (Wildman–Crippen MR) is 123 cm³/mol. The molecule has 2 heterocycles. The van der Waals surface area contributed by atoms with Gasteiger partial charge in [-0.2, -0.15) is 0 Å². The number of amides is 1. The van der Waals surface area contributed by atoms with Crippen molar-refractivity contribution >= 4 is 16.9 Å². The molecule has 0 aliphatic heterocycles. The van der Waals surface area contributed by atoms with E-state index in [1.165, 1.54) is 22.3 Å². The van der Waals surface area contributed by atoms with Gasteiger partial charge in [0.05, 0.1) is 6.54 Å². The molecule has 0 bridgehead atoms. The summed E-state index contributed by atoms with van der Waals surface area (Å²) in [5.74, 6) is -0.754. The summed E-state index contributed by atoms with van der Waals surface area (Å²) in [4.78, 5) is 30.6. The molecule has 0 unspecified atom stereocenters. The van der Waals surface area contributed by atoms with Gasteiger partial charge in [-0.25, -0.2) is 9.37 Å². The monoisotopic (exact) mass is 429 g/mol. The van der Waals surface area contributed by atoms with E-state index in [4.69, 9.17) is 0 Å². The summed E-state index contributed by atoms with van der Waals surface area (Å²) in [6, 6.07) is 21.1. The zero-order chi connectivity index (χ0) is 22.5. The first-order valence-corrected chi connectivity index (χ1v) is 10.6. The fourth-order valence-corrected chi connectivity index (χ4v) is 3.69. The fourth-order valence-electron chi connectivity index (χ4n) is 3.69. The smallest absolute Gasteiger partial charge is 0.265 e. The fraction of sp³-hybridized carbons (Fsp3) is 0.192. The molecule has 5 nitrogen and oxygen atoms in total. The first kappa shape index (κ1) is 21.4. The zero-order valence-corrected chi connectivity index (χ0v) is 17.8. The third kappa shape index (κ3) is 4.91. The Kier molecular flexibility index (Phi) is 6.40. The van der Waals surface area contributed by atoms with Crippen LogP contribution in [-0.4, -0.2) is 21.5 Å². The number of benzene rings is 2. The minimum Gasteiger partial charge on any atom is -0.349 e. The van der Waals surface area contributed by atoms with Crippen LogP contribution in [0.2, 0.25) is 0 Å². The lowest BCUT2D eigenvalue weighted by molar-refractivity contribution is 0.0936. The van der Waals surface area contributed by atoms with Gasteiger partial charge in [0, 0.05) is 17.6 Å². The van der Waals surface area contributed by atoms with E-state index in [0.717, 1.165) is 18.4 Å². The molecule has 0 spiro atoms. The molecule has 1 N–H and O–H groups in total. The maximum Gasteiger partial charge on any atom is 0.265 e. The standard InChI is InChI=1S/C26H24FN3O2/c1-18(9-10-19-6-3-2-4-7-19)29-25(31)23-16-21-8-5-15-28-24(21)30(26(23)32)17-20-11-13-22(27)14-12-20/h2-8,11-16,18H,9-10,17H2,1H3,(H,29,31)/t18-/m0/s1. The Morgan fingerprint density at radius 2 is 1.78 bits per heavy atom. The second kappa shape index (κ2) is 9.56. The van der Waals surface area contributed by atoms with Crippen molar-refractivity contribution in [2.24, 2.45) is 0 Å². The van der Waals surface area contributed by atoms with E-state index in [2.05, 4.69) is 22.4 Å². The van der Waals surface area contributed by atoms with Crippen molar-refractivity contribution in [1.82, 2.24) is 14.9 Å². The minimum absolute atomic E-state index is 0.0687. The van der Waals surface area contributed by atoms with Crippen molar-refractivity contribution in [1.29, 1.82) is 0 Å². The number of halogens is 1. The number of rotatable bonds is 7. The van der Waals surface area contributed by atoms with Gasteiger partial charge in [-0.15, -0.1) is 0 Å². The van der Waals surface area contributed by atoms with Crippen LogP contribution in [0.15, 0.2) is 83.8 Å². The Balaban J connectivity index is 1.59. The van der Waals surface area contributed by atoms with Gasteiger partial charge < -0.3 is 5.32 Å². The lowest BCUT2D eigenvalue weighted by Crippen LogP contribution is -2.38. The largest absolute Gasteiger partial charge is 0.349 e. The molecule has 32 heavy (non-hydrogen) atoms. The highest BCUT2D eigenvalue weighted by molar-refractivity contribution is 5.97. The molecule has 0 saturated carbocycles. The maximum absolute atomic E-state index is 13.3. The molecule has 0 saturated heterocycles. The number of nitrogens with one attached hydrogen (secondary N) is 1. The predicted octanol–water partition coefficient (Wildman–Crippen LogP) is 4.34. The number of hydrogen-bond acceptors (Lipinski definition) is 3. The summed E-state index contributed by atoms with van der Waals surface area (Å²) in [6.45, 7) is 2.12. The third-order valence-corrected chi connectivity index (χ3v) is 5.43. The van der Waals surface area contributed by atoms with Gasteiger partial charge in [-0.05, 0) is 61.2 Å². The van der Waals surface area contributed by atoms with Gasteiger partial charge in [0.25, 0.3) is 11.5 Å². The van der Waals surface area contributed by atoms with Crippen LogP contribution in [0.25, 0.3) is 11.0 Å². The minimum atomic E-state index is -0.423.